The number of aromatic nitrogens is 2. The van der Waals surface area contributed by atoms with E-state index in [1.54, 1.807) is 0 Å². The predicted molar refractivity (Wildman–Crippen MR) is 125 cm³/mol. The molecule has 30 heavy (non-hydrogen) atoms. The van der Waals surface area contributed by atoms with Crippen LogP contribution in [0.3, 0.4) is 0 Å². The molecule has 0 unspecified atom stereocenters. The van der Waals surface area contributed by atoms with Crippen LogP contribution in [0.1, 0.15) is 30.7 Å². The highest BCUT2D eigenvalue weighted by atomic mass is 14.8. The lowest BCUT2D eigenvalue weighted by Gasteiger charge is -2.24. The van der Waals surface area contributed by atoms with Crippen LogP contribution in [-0.4, -0.2) is 9.97 Å². The van der Waals surface area contributed by atoms with Crippen molar-refractivity contribution in [3.8, 4) is 22.4 Å². The molecule has 144 valence electrons. The summed E-state index contributed by atoms with van der Waals surface area (Å²) >= 11 is 0. The average Bonchev–Trinajstić information content (AvgIpc) is 3.01. The number of fused-ring (bicyclic) bond motifs is 6. The number of rotatable bonds is 1. The second kappa shape index (κ2) is 5.99. The van der Waals surface area contributed by atoms with E-state index in [0.717, 1.165) is 27.8 Å². The zero-order valence-electron chi connectivity index (χ0n) is 17.4. The van der Waals surface area contributed by atoms with Crippen LogP contribution in [-0.2, 0) is 5.41 Å². The summed E-state index contributed by atoms with van der Waals surface area (Å²) in [4.78, 5) is 10.2. The van der Waals surface area contributed by atoms with E-state index in [9.17, 15) is 0 Å². The van der Waals surface area contributed by atoms with E-state index in [0.29, 0.717) is 0 Å². The molecule has 0 saturated carbocycles. The topological polar surface area (TPSA) is 25.8 Å². The van der Waals surface area contributed by atoms with Gasteiger partial charge in [-0.3, -0.25) is 0 Å². The fraction of sp³-hybridized carbons (Fsp3) is 0.143. The van der Waals surface area contributed by atoms with Crippen molar-refractivity contribution in [2.45, 2.75) is 26.2 Å². The maximum Gasteiger partial charge on any atom is 0.0972 e. The first-order chi connectivity index (χ1) is 14.6. The summed E-state index contributed by atoms with van der Waals surface area (Å²) < 4.78 is 0. The monoisotopic (exact) mass is 386 g/mol. The number of benzene rings is 4. The van der Waals surface area contributed by atoms with Gasteiger partial charge in [0.15, 0.2) is 0 Å². The molecule has 1 heterocycles. The first-order valence-electron chi connectivity index (χ1n) is 10.5. The Bertz CT molecular complexity index is 1480. The molecule has 5 aromatic rings. The van der Waals surface area contributed by atoms with Crippen molar-refractivity contribution in [1.29, 1.82) is 0 Å². The lowest BCUT2D eigenvalue weighted by Crippen LogP contribution is -2.16. The van der Waals surface area contributed by atoms with Gasteiger partial charge in [0.2, 0.25) is 0 Å². The van der Waals surface area contributed by atoms with Gasteiger partial charge in [0, 0.05) is 16.4 Å². The number of hydrogen-bond donors (Lipinski definition) is 0. The fourth-order valence-electron chi connectivity index (χ4n) is 5.18. The largest absolute Gasteiger partial charge is 0.249 e. The van der Waals surface area contributed by atoms with Crippen molar-refractivity contribution < 1.29 is 0 Å². The zero-order valence-corrected chi connectivity index (χ0v) is 17.4. The molecule has 1 aliphatic carbocycles. The number of nitrogens with zero attached hydrogens (tertiary/aromatic N) is 2. The first kappa shape index (κ1) is 17.3. The molecule has 0 bridgehead atoms. The van der Waals surface area contributed by atoms with Gasteiger partial charge in [0.25, 0.3) is 0 Å². The van der Waals surface area contributed by atoms with Gasteiger partial charge in [-0.25, -0.2) is 9.97 Å². The third-order valence-corrected chi connectivity index (χ3v) is 6.57. The molecule has 0 spiro atoms. The van der Waals surface area contributed by atoms with Crippen molar-refractivity contribution in [3.05, 3.63) is 95.7 Å². The summed E-state index contributed by atoms with van der Waals surface area (Å²) in [6, 6.07) is 28.0. The molecule has 1 aliphatic rings. The summed E-state index contributed by atoms with van der Waals surface area (Å²) in [5, 5.41) is 2.35. The molecule has 0 amide bonds. The molecule has 0 saturated heterocycles. The van der Waals surface area contributed by atoms with E-state index in [2.05, 4.69) is 99.6 Å². The Balaban J connectivity index is 1.69. The van der Waals surface area contributed by atoms with Crippen LogP contribution in [0.2, 0.25) is 0 Å². The van der Waals surface area contributed by atoms with E-state index in [4.69, 9.17) is 9.97 Å². The van der Waals surface area contributed by atoms with Gasteiger partial charge in [0.1, 0.15) is 0 Å². The van der Waals surface area contributed by atoms with Gasteiger partial charge < -0.3 is 0 Å². The maximum absolute atomic E-state index is 5.22. The molecule has 0 radical (unpaired) electrons. The summed E-state index contributed by atoms with van der Waals surface area (Å²) in [6.45, 7) is 6.71. The second-order valence-electron chi connectivity index (χ2n) is 8.71. The third kappa shape index (κ3) is 2.25. The van der Waals surface area contributed by atoms with Gasteiger partial charge in [-0.2, -0.15) is 0 Å². The minimum absolute atomic E-state index is 0.0790. The lowest BCUT2D eigenvalue weighted by atomic mass is 9.79. The molecule has 0 atom stereocenters. The SMILES string of the molecule is Cc1nc2ccc3ccccc3c2nc1-c1cccc2c1C(C)(C)c1ccccc1-2. The van der Waals surface area contributed by atoms with Crippen molar-refractivity contribution >= 4 is 21.8 Å². The van der Waals surface area contributed by atoms with Gasteiger partial charge in [-0.05, 0) is 40.6 Å². The van der Waals surface area contributed by atoms with Crippen LogP contribution >= 0.6 is 0 Å². The molecular formula is C28H22N2. The highest BCUT2D eigenvalue weighted by Gasteiger charge is 2.37. The predicted octanol–water partition coefficient (Wildman–Crippen LogP) is 7.06. The van der Waals surface area contributed by atoms with E-state index in [1.165, 1.54) is 33.2 Å². The maximum atomic E-state index is 5.22. The average molecular weight is 386 g/mol. The molecule has 0 fully saturated rings. The Morgan fingerprint density at radius 1 is 0.667 bits per heavy atom. The van der Waals surface area contributed by atoms with Gasteiger partial charge in [-0.15, -0.1) is 0 Å². The van der Waals surface area contributed by atoms with E-state index in [1.807, 2.05) is 0 Å². The summed E-state index contributed by atoms with van der Waals surface area (Å²) in [6.07, 6.45) is 0. The minimum Gasteiger partial charge on any atom is -0.249 e. The van der Waals surface area contributed by atoms with Crippen LogP contribution in [0.4, 0.5) is 0 Å². The summed E-state index contributed by atoms with van der Waals surface area (Å²) in [7, 11) is 0. The smallest absolute Gasteiger partial charge is 0.0972 e. The Morgan fingerprint density at radius 3 is 2.30 bits per heavy atom. The Morgan fingerprint density at radius 2 is 1.40 bits per heavy atom. The minimum atomic E-state index is -0.0790. The molecule has 6 rings (SSSR count). The molecule has 0 aliphatic heterocycles. The standard InChI is InChI=1S/C28H22N2/c1-17-26(30-27-19-10-5-4-9-18(19)15-16-24(27)29-17)22-13-8-12-21-20-11-6-7-14-23(20)28(2,3)25(21)22/h4-16H,1-3H3. The normalized spacial score (nSPS) is 14.1. The van der Waals surface area contributed by atoms with Crippen LogP contribution < -0.4 is 0 Å². The van der Waals surface area contributed by atoms with Crippen LogP contribution in [0.25, 0.3) is 44.2 Å². The second-order valence-corrected chi connectivity index (χ2v) is 8.71. The summed E-state index contributed by atoms with van der Waals surface area (Å²) in [5.74, 6) is 0. The lowest BCUT2D eigenvalue weighted by molar-refractivity contribution is 0.661. The van der Waals surface area contributed by atoms with Crippen molar-refractivity contribution in [1.82, 2.24) is 9.97 Å². The van der Waals surface area contributed by atoms with E-state index < -0.39 is 0 Å². The van der Waals surface area contributed by atoms with Crippen molar-refractivity contribution in [2.24, 2.45) is 0 Å². The Kier molecular flexibility index (Phi) is 3.47. The molecule has 4 aromatic carbocycles. The van der Waals surface area contributed by atoms with E-state index >= 15 is 0 Å². The van der Waals surface area contributed by atoms with Crippen LogP contribution in [0.15, 0.2) is 78.9 Å². The fourth-order valence-corrected chi connectivity index (χ4v) is 5.18. The molecule has 2 heteroatoms. The Hall–Kier alpha value is -3.52. The van der Waals surface area contributed by atoms with E-state index in [-0.39, 0.29) is 5.41 Å². The van der Waals surface area contributed by atoms with Crippen LogP contribution in [0, 0.1) is 6.92 Å². The quantitative estimate of drug-likeness (QED) is 0.288. The van der Waals surface area contributed by atoms with Gasteiger partial charge >= 0.3 is 0 Å². The number of hydrogen-bond acceptors (Lipinski definition) is 2. The number of aryl methyl sites for hydroxylation is 1. The highest BCUT2D eigenvalue weighted by molar-refractivity contribution is 6.04. The van der Waals surface area contributed by atoms with Gasteiger partial charge in [0.05, 0.1) is 22.4 Å². The molecule has 2 nitrogen and oxygen atoms in total. The Labute approximate surface area is 176 Å². The molecule has 1 aromatic heterocycles. The molecule has 0 N–H and O–H groups in total. The zero-order chi connectivity index (χ0) is 20.5. The van der Waals surface area contributed by atoms with Crippen molar-refractivity contribution in [2.75, 3.05) is 0 Å². The highest BCUT2D eigenvalue weighted by Crippen LogP contribution is 2.52. The molecular weight excluding hydrogens is 364 g/mol. The van der Waals surface area contributed by atoms with Gasteiger partial charge in [-0.1, -0.05) is 86.6 Å². The third-order valence-electron chi connectivity index (χ3n) is 6.57. The van der Waals surface area contributed by atoms with Crippen molar-refractivity contribution in [3.63, 3.8) is 0 Å². The van der Waals surface area contributed by atoms with Crippen LogP contribution in [0.5, 0.6) is 0 Å². The first-order valence-corrected chi connectivity index (χ1v) is 10.5. The summed E-state index contributed by atoms with van der Waals surface area (Å²) in [5.41, 5.74) is 10.4.